The van der Waals surface area contributed by atoms with Gasteiger partial charge in [0.1, 0.15) is 0 Å². The summed E-state index contributed by atoms with van der Waals surface area (Å²) in [6, 6.07) is 8.09. The second-order valence-corrected chi connectivity index (χ2v) is 6.54. The summed E-state index contributed by atoms with van der Waals surface area (Å²) in [6.07, 6.45) is 0.774. The fourth-order valence-electron chi connectivity index (χ4n) is 2.11. The van der Waals surface area contributed by atoms with E-state index in [9.17, 15) is 8.42 Å². The van der Waals surface area contributed by atoms with Gasteiger partial charge in [0.25, 0.3) is 10.2 Å². The Balaban J connectivity index is 2.11. The molecule has 1 aromatic heterocycles. The number of fused-ring (bicyclic) bond motifs is 1. The molecule has 1 aromatic carbocycles. The van der Waals surface area contributed by atoms with E-state index in [1.807, 2.05) is 32.2 Å². The third-order valence-electron chi connectivity index (χ3n) is 3.36. The van der Waals surface area contributed by atoms with E-state index in [2.05, 4.69) is 27.0 Å². The zero-order valence-corrected chi connectivity index (χ0v) is 12.9. The second kappa shape index (κ2) is 5.95. The number of aromatic nitrogens is 1. The summed E-state index contributed by atoms with van der Waals surface area (Å²) in [7, 11) is -1.38. The lowest BCUT2D eigenvalue weighted by atomic mass is 10.1. The molecule has 2 N–H and O–H groups in total. The summed E-state index contributed by atoms with van der Waals surface area (Å²) >= 11 is 0. The zero-order valence-electron chi connectivity index (χ0n) is 12.1. The minimum atomic E-state index is -3.40. The van der Waals surface area contributed by atoms with Crippen LogP contribution in [-0.4, -0.2) is 19.5 Å². The number of hydrogen-bond acceptors (Lipinski definition) is 2. The third-order valence-corrected chi connectivity index (χ3v) is 4.46. The highest BCUT2D eigenvalue weighted by Crippen LogP contribution is 2.19. The highest BCUT2D eigenvalue weighted by Gasteiger charge is 2.08. The Hall–Kier alpha value is -1.37. The third kappa shape index (κ3) is 3.39. The van der Waals surface area contributed by atoms with E-state index < -0.39 is 10.2 Å². The van der Waals surface area contributed by atoms with Gasteiger partial charge in [-0.05, 0) is 37.1 Å². The molecular formula is C14H21N3O2S. The van der Waals surface area contributed by atoms with Crippen LogP contribution in [0.2, 0.25) is 0 Å². The minimum Gasteiger partial charge on any atom is -0.348 e. The lowest BCUT2D eigenvalue weighted by Crippen LogP contribution is -2.36. The van der Waals surface area contributed by atoms with Crippen molar-refractivity contribution in [1.29, 1.82) is 0 Å². The van der Waals surface area contributed by atoms with Crippen molar-refractivity contribution in [2.24, 2.45) is 7.05 Å². The smallest absolute Gasteiger partial charge is 0.277 e. The van der Waals surface area contributed by atoms with Crippen LogP contribution in [0.15, 0.2) is 24.3 Å². The number of aryl methyl sites for hydroxylation is 2. The number of nitrogens with one attached hydrogen (secondary N) is 2. The van der Waals surface area contributed by atoms with Crippen molar-refractivity contribution in [3.05, 3.63) is 35.5 Å². The Morgan fingerprint density at radius 1 is 1.20 bits per heavy atom. The zero-order chi connectivity index (χ0) is 14.8. The Bertz CT molecular complexity index is 705. The van der Waals surface area contributed by atoms with E-state index in [4.69, 9.17) is 0 Å². The molecule has 2 rings (SSSR count). The molecule has 20 heavy (non-hydrogen) atoms. The first-order chi connectivity index (χ1) is 9.43. The number of rotatable bonds is 6. The van der Waals surface area contributed by atoms with Crippen LogP contribution in [0.5, 0.6) is 0 Å². The summed E-state index contributed by atoms with van der Waals surface area (Å²) in [5.41, 5.74) is 3.28. The lowest BCUT2D eigenvalue weighted by molar-refractivity contribution is 0.565. The number of benzene rings is 1. The second-order valence-electron chi connectivity index (χ2n) is 4.96. The molecule has 0 aliphatic carbocycles. The van der Waals surface area contributed by atoms with Crippen molar-refractivity contribution < 1.29 is 8.42 Å². The molecule has 0 spiro atoms. The van der Waals surface area contributed by atoms with Crippen LogP contribution >= 0.6 is 0 Å². The molecule has 0 bridgehead atoms. The maximum absolute atomic E-state index is 11.7. The summed E-state index contributed by atoms with van der Waals surface area (Å²) in [5, 5.41) is 1.13. The van der Waals surface area contributed by atoms with Gasteiger partial charge in [0.15, 0.2) is 0 Å². The van der Waals surface area contributed by atoms with Gasteiger partial charge >= 0.3 is 0 Å². The summed E-state index contributed by atoms with van der Waals surface area (Å²) < 4.78 is 30.5. The van der Waals surface area contributed by atoms with E-state index >= 15 is 0 Å². The van der Waals surface area contributed by atoms with E-state index in [-0.39, 0.29) is 0 Å². The first kappa shape index (κ1) is 15.0. The largest absolute Gasteiger partial charge is 0.348 e. The lowest BCUT2D eigenvalue weighted by Gasteiger charge is -2.08. The van der Waals surface area contributed by atoms with Crippen LogP contribution in [0, 0.1) is 6.92 Å². The van der Waals surface area contributed by atoms with E-state index in [0.29, 0.717) is 13.1 Å². The van der Waals surface area contributed by atoms with Crippen molar-refractivity contribution in [3.8, 4) is 0 Å². The molecule has 0 fully saturated rings. The van der Waals surface area contributed by atoms with E-state index in [1.165, 1.54) is 5.69 Å². The molecule has 0 saturated carbocycles. The standard InChI is InChI=1S/C14H21N3O2S/c1-4-7-15-20(18,19)16-10-12-5-6-14-13(9-12)8-11(2)17(14)3/h5-6,8-9,15-16H,4,7,10H2,1-3H3. The molecule has 0 radical (unpaired) electrons. The topological polar surface area (TPSA) is 63.1 Å². The molecule has 0 atom stereocenters. The van der Waals surface area contributed by atoms with Gasteiger partial charge in [-0.15, -0.1) is 0 Å². The van der Waals surface area contributed by atoms with Gasteiger partial charge in [-0.1, -0.05) is 13.0 Å². The number of hydrogen-bond donors (Lipinski definition) is 2. The Morgan fingerprint density at radius 2 is 1.95 bits per heavy atom. The van der Waals surface area contributed by atoms with Crippen molar-refractivity contribution in [2.75, 3.05) is 6.54 Å². The molecule has 0 aliphatic rings. The SMILES string of the molecule is CCCNS(=O)(=O)NCc1ccc2c(c1)cc(C)n2C. The quantitative estimate of drug-likeness (QED) is 0.854. The van der Waals surface area contributed by atoms with Crippen molar-refractivity contribution in [2.45, 2.75) is 26.8 Å². The summed E-state index contributed by atoms with van der Waals surface area (Å²) in [5.74, 6) is 0. The molecule has 0 aliphatic heterocycles. The molecule has 0 unspecified atom stereocenters. The van der Waals surface area contributed by atoms with Gasteiger partial charge in [-0.25, -0.2) is 4.72 Å². The summed E-state index contributed by atoms with van der Waals surface area (Å²) in [6.45, 7) is 4.72. The summed E-state index contributed by atoms with van der Waals surface area (Å²) in [4.78, 5) is 0. The molecular weight excluding hydrogens is 274 g/mol. The predicted octanol–water partition coefficient (Wildman–Crippen LogP) is 1.82. The first-order valence-electron chi connectivity index (χ1n) is 6.72. The fraction of sp³-hybridized carbons (Fsp3) is 0.429. The molecule has 0 saturated heterocycles. The maximum Gasteiger partial charge on any atom is 0.277 e. The van der Waals surface area contributed by atoms with Crippen LogP contribution in [0.3, 0.4) is 0 Å². The van der Waals surface area contributed by atoms with Crippen LogP contribution in [0.25, 0.3) is 10.9 Å². The fourth-order valence-corrected chi connectivity index (χ4v) is 3.04. The molecule has 6 heteroatoms. The number of nitrogens with zero attached hydrogens (tertiary/aromatic N) is 1. The molecule has 2 aromatic rings. The van der Waals surface area contributed by atoms with Crippen molar-refractivity contribution in [1.82, 2.24) is 14.0 Å². The highest BCUT2D eigenvalue weighted by molar-refractivity contribution is 7.87. The predicted molar refractivity (Wildman–Crippen MR) is 81.7 cm³/mol. The van der Waals surface area contributed by atoms with Gasteiger partial charge in [-0.2, -0.15) is 13.1 Å². The molecule has 1 heterocycles. The van der Waals surface area contributed by atoms with Crippen LogP contribution in [0.1, 0.15) is 24.6 Å². The molecule has 110 valence electrons. The van der Waals surface area contributed by atoms with Crippen molar-refractivity contribution in [3.63, 3.8) is 0 Å². The van der Waals surface area contributed by atoms with Crippen LogP contribution in [-0.2, 0) is 23.8 Å². The van der Waals surface area contributed by atoms with E-state index in [1.54, 1.807) is 0 Å². The average Bonchev–Trinajstić information content (AvgIpc) is 2.69. The Labute approximate surface area is 120 Å². The monoisotopic (exact) mass is 295 g/mol. The highest BCUT2D eigenvalue weighted by atomic mass is 32.2. The minimum absolute atomic E-state index is 0.295. The van der Waals surface area contributed by atoms with Crippen LogP contribution < -0.4 is 9.44 Å². The van der Waals surface area contributed by atoms with Gasteiger partial charge < -0.3 is 4.57 Å². The normalized spacial score (nSPS) is 12.2. The Morgan fingerprint density at radius 3 is 2.65 bits per heavy atom. The maximum atomic E-state index is 11.7. The average molecular weight is 295 g/mol. The van der Waals surface area contributed by atoms with Gasteiger partial charge in [-0.3, -0.25) is 0 Å². The van der Waals surface area contributed by atoms with Gasteiger partial charge in [0.2, 0.25) is 0 Å². The van der Waals surface area contributed by atoms with Crippen LogP contribution in [0.4, 0.5) is 0 Å². The first-order valence-corrected chi connectivity index (χ1v) is 8.20. The van der Waals surface area contributed by atoms with Gasteiger partial charge in [0, 0.05) is 36.7 Å². The molecule has 0 amide bonds. The Kier molecular flexibility index (Phi) is 4.47. The molecule has 5 nitrogen and oxygen atoms in total. The van der Waals surface area contributed by atoms with E-state index in [0.717, 1.165) is 22.9 Å². The van der Waals surface area contributed by atoms with Crippen molar-refractivity contribution >= 4 is 21.1 Å². The van der Waals surface area contributed by atoms with Gasteiger partial charge in [0.05, 0.1) is 0 Å².